The molecule has 0 aromatic heterocycles. The first kappa shape index (κ1) is 16.5. The lowest BCUT2D eigenvalue weighted by Gasteiger charge is -2.13. The van der Waals surface area contributed by atoms with E-state index in [-0.39, 0.29) is 17.6 Å². The van der Waals surface area contributed by atoms with Crippen molar-refractivity contribution in [2.24, 2.45) is 5.92 Å². The highest BCUT2D eigenvalue weighted by molar-refractivity contribution is 5.93. The molecule has 0 aliphatic carbocycles. The van der Waals surface area contributed by atoms with Crippen molar-refractivity contribution in [3.63, 3.8) is 0 Å². The first-order valence-corrected chi connectivity index (χ1v) is 8.11. The first-order chi connectivity index (χ1) is 11.6. The normalized spacial score (nSPS) is 16.8. The third kappa shape index (κ3) is 4.11. The van der Waals surface area contributed by atoms with Crippen molar-refractivity contribution in [3.05, 3.63) is 59.4 Å². The number of aryl methyl sites for hydroxylation is 1. The SMILES string of the molecule is Cc1cc(OCc2cccc(F)c2)ccc1NC(=O)C1CCNC1. The maximum Gasteiger partial charge on any atom is 0.228 e. The van der Waals surface area contributed by atoms with Crippen molar-refractivity contribution in [1.82, 2.24) is 5.32 Å². The molecule has 126 valence electrons. The van der Waals surface area contributed by atoms with Gasteiger partial charge in [-0.25, -0.2) is 4.39 Å². The molecule has 1 amide bonds. The summed E-state index contributed by atoms with van der Waals surface area (Å²) in [6.45, 7) is 3.86. The molecular weight excluding hydrogens is 307 g/mol. The van der Waals surface area contributed by atoms with Crippen LogP contribution >= 0.6 is 0 Å². The first-order valence-electron chi connectivity index (χ1n) is 8.11. The lowest BCUT2D eigenvalue weighted by atomic mass is 10.1. The van der Waals surface area contributed by atoms with Gasteiger partial charge in [-0.05, 0) is 61.3 Å². The van der Waals surface area contributed by atoms with Gasteiger partial charge >= 0.3 is 0 Å². The second kappa shape index (κ2) is 7.45. The van der Waals surface area contributed by atoms with Crippen LogP contribution in [0.2, 0.25) is 0 Å². The lowest BCUT2D eigenvalue weighted by molar-refractivity contribution is -0.119. The number of hydrogen-bond acceptors (Lipinski definition) is 3. The molecule has 24 heavy (non-hydrogen) atoms. The molecular formula is C19H21FN2O2. The third-order valence-corrected chi connectivity index (χ3v) is 4.18. The molecule has 1 aliphatic rings. The minimum Gasteiger partial charge on any atom is -0.489 e. The van der Waals surface area contributed by atoms with Crippen LogP contribution in [0.1, 0.15) is 17.5 Å². The Morgan fingerprint density at radius 1 is 1.33 bits per heavy atom. The van der Waals surface area contributed by atoms with E-state index in [9.17, 15) is 9.18 Å². The van der Waals surface area contributed by atoms with Gasteiger partial charge < -0.3 is 15.4 Å². The minimum absolute atomic E-state index is 0.0355. The van der Waals surface area contributed by atoms with Crippen molar-refractivity contribution in [1.29, 1.82) is 0 Å². The van der Waals surface area contributed by atoms with E-state index in [2.05, 4.69) is 10.6 Å². The highest BCUT2D eigenvalue weighted by atomic mass is 19.1. The smallest absolute Gasteiger partial charge is 0.228 e. The molecule has 1 fully saturated rings. The van der Waals surface area contributed by atoms with E-state index in [1.165, 1.54) is 12.1 Å². The van der Waals surface area contributed by atoms with E-state index in [4.69, 9.17) is 4.74 Å². The van der Waals surface area contributed by atoms with Crippen LogP contribution in [0.4, 0.5) is 10.1 Å². The molecule has 1 aliphatic heterocycles. The number of hydrogen-bond donors (Lipinski definition) is 2. The molecule has 0 spiro atoms. The number of amides is 1. The Hall–Kier alpha value is -2.40. The van der Waals surface area contributed by atoms with Gasteiger partial charge in [0.2, 0.25) is 5.91 Å². The Kier molecular flexibility index (Phi) is 5.11. The number of anilines is 1. The molecule has 2 aromatic rings. The monoisotopic (exact) mass is 328 g/mol. The summed E-state index contributed by atoms with van der Waals surface area (Å²) >= 11 is 0. The number of ether oxygens (including phenoxy) is 1. The quantitative estimate of drug-likeness (QED) is 0.886. The van der Waals surface area contributed by atoms with Crippen molar-refractivity contribution in [3.8, 4) is 5.75 Å². The molecule has 0 bridgehead atoms. The molecule has 4 nitrogen and oxygen atoms in total. The van der Waals surface area contributed by atoms with Crippen LogP contribution in [-0.2, 0) is 11.4 Å². The molecule has 2 N–H and O–H groups in total. The van der Waals surface area contributed by atoms with Crippen LogP contribution in [0.5, 0.6) is 5.75 Å². The van der Waals surface area contributed by atoms with E-state index in [1.807, 2.05) is 31.2 Å². The Balaban J connectivity index is 1.60. The fourth-order valence-electron chi connectivity index (χ4n) is 2.77. The fraction of sp³-hybridized carbons (Fsp3) is 0.316. The maximum absolute atomic E-state index is 13.2. The van der Waals surface area contributed by atoms with Gasteiger partial charge in [0.1, 0.15) is 18.2 Å². The van der Waals surface area contributed by atoms with Gasteiger partial charge in [-0.2, -0.15) is 0 Å². The summed E-state index contributed by atoms with van der Waals surface area (Å²) in [5.41, 5.74) is 2.51. The summed E-state index contributed by atoms with van der Waals surface area (Å²) in [7, 11) is 0. The zero-order chi connectivity index (χ0) is 16.9. The Morgan fingerprint density at radius 2 is 2.21 bits per heavy atom. The van der Waals surface area contributed by atoms with Crippen LogP contribution in [0, 0.1) is 18.7 Å². The molecule has 1 atom stereocenters. The summed E-state index contributed by atoms with van der Waals surface area (Å²) < 4.78 is 18.9. The van der Waals surface area contributed by atoms with Gasteiger partial charge in [0, 0.05) is 12.2 Å². The van der Waals surface area contributed by atoms with Gasteiger partial charge in [-0.1, -0.05) is 12.1 Å². The summed E-state index contributed by atoms with van der Waals surface area (Å²) in [5.74, 6) is 0.508. The van der Waals surface area contributed by atoms with Crippen LogP contribution in [0.15, 0.2) is 42.5 Å². The standard InChI is InChI=1S/C19H21FN2O2/c1-13-9-17(24-12-14-3-2-4-16(20)10-14)5-6-18(13)22-19(23)15-7-8-21-11-15/h2-6,9-10,15,21H,7-8,11-12H2,1H3,(H,22,23). The summed E-state index contributed by atoms with van der Waals surface area (Å²) in [5, 5.41) is 6.17. The van der Waals surface area contributed by atoms with E-state index < -0.39 is 0 Å². The van der Waals surface area contributed by atoms with Crippen molar-refractivity contribution in [2.45, 2.75) is 20.0 Å². The number of carbonyl (C=O) groups excluding carboxylic acids is 1. The molecule has 1 saturated heterocycles. The highest BCUT2D eigenvalue weighted by Crippen LogP contribution is 2.23. The van der Waals surface area contributed by atoms with Gasteiger partial charge in [-0.15, -0.1) is 0 Å². The molecule has 2 aromatic carbocycles. The number of nitrogens with one attached hydrogen (secondary N) is 2. The maximum atomic E-state index is 13.2. The Labute approximate surface area is 141 Å². The molecule has 1 unspecified atom stereocenters. The average Bonchev–Trinajstić information content (AvgIpc) is 3.10. The molecule has 5 heteroatoms. The van der Waals surface area contributed by atoms with Gasteiger partial charge in [0.25, 0.3) is 0 Å². The third-order valence-electron chi connectivity index (χ3n) is 4.18. The van der Waals surface area contributed by atoms with Crippen LogP contribution in [0.3, 0.4) is 0 Å². The minimum atomic E-state index is -0.272. The van der Waals surface area contributed by atoms with E-state index >= 15 is 0 Å². The van der Waals surface area contributed by atoms with E-state index in [1.54, 1.807) is 6.07 Å². The highest BCUT2D eigenvalue weighted by Gasteiger charge is 2.22. The zero-order valence-corrected chi connectivity index (χ0v) is 13.6. The summed E-state index contributed by atoms with van der Waals surface area (Å²) in [6.07, 6.45) is 0.875. The topological polar surface area (TPSA) is 50.4 Å². The zero-order valence-electron chi connectivity index (χ0n) is 13.6. The lowest BCUT2D eigenvalue weighted by Crippen LogP contribution is -2.24. The molecule has 0 radical (unpaired) electrons. The average molecular weight is 328 g/mol. The van der Waals surface area contributed by atoms with Crippen LogP contribution < -0.4 is 15.4 Å². The summed E-state index contributed by atoms with van der Waals surface area (Å²) in [6, 6.07) is 11.9. The largest absolute Gasteiger partial charge is 0.489 e. The fourth-order valence-corrected chi connectivity index (χ4v) is 2.77. The molecule has 0 saturated carbocycles. The Bertz CT molecular complexity index is 727. The van der Waals surface area contributed by atoms with Gasteiger partial charge in [0.15, 0.2) is 0 Å². The van der Waals surface area contributed by atoms with Crippen LogP contribution in [0.25, 0.3) is 0 Å². The Morgan fingerprint density at radius 3 is 2.92 bits per heavy atom. The van der Waals surface area contributed by atoms with Gasteiger partial charge in [0.05, 0.1) is 5.92 Å². The molecule has 3 rings (SSSR count). The number of carbonyl (C=O) groups is 1. The second-order valence-electron chi connectivity index (χ2n) is 6.07. The number of halogens is 1. The second-order valence-corrected chi connectivity index (χ2v) is 6.07. The van der Waals surface area contributed by atoms with Crippen molar-refractivity contribution >= 4 is 11.6 Å². The van der Waals surface area contributed by atoms with Crippen LogP contribution in [-0.4, -0.2) is 19.0 Å². The van der Waals surface area contributed by atoms with E-state index in [0.29, 0.717) is 12.4 Å². The number of benzene rings is 2. The van der Waals surface area contributed by atoms with E-state index in [0.717, 1.165) is 36.3 Å². The predicted octanol–water partition coefficient (Wildman–Crippen LogP) is 3.26. The summed E-state index contributed by atoms with van der Waals surface area (Å²) in [4.78, 5) is 12.2. The predicted molar refractivity (Wildman–Crippen MR) is 91.5 cm³/mol. The number of rotatable bonds is 5. The molecule has 1 heterocycles. The van der Waals surface area contributed by atoms with Crippen molar-refractivity contribution in [2.75, 3.05) is 18.4 Å². The van der Waals surface area contributed by atoms with Crippen molar-refractivity contribution < 1.29 is 13.9 Å². The van der Waals surface area contributed by atoms with Gasteiger partial charge in [-0.3, -0.25) is 4.79 Å².